The molecular weight excluding hydrogens is 1230 g/mol. The molecule has 15 aliphatic rings. The molecule has 0 saturated carbocycles. The van der Waals surface area contributed by atoms with Crippen molar-refractivity contribution in [3.63, 3.8) is 0 Å². The first-order valence-electron chi connectivity index (χ1n) is 33.4. The third-order valence-electron chi connectivity index (χ3n) is 18.1. The molecule has 4 aromatic rings. The van der Waals surface area contributed by atoms with Crippen molar-refractivity contribution in [1.29, 1.82) is 0 Å². The Kier molecular flexibility index (Phi) is 15.6. The van der Waals surface area contributed by atoms with Gasteiger partial charge >= 0.3 is 0 Å². The Hall–Kier alpha value is -6.36. The molecule has 0 spiro atoms. The van der Waals surface area contributed by atoms with Crippen molar-refractivity contribution in [3.8, 4) is 0 Å². The van der Waals surface area contributed by atoms with E-state index in [0.717, 1.165) is 6.42 Å². The SMILES string of the molecule is C(CN(CC1CO1)c1nc(N(CC2CO2)CC2CO2)nc(N(CC2CO2)c2nc(N(CC3CO3)c3nc(N(CC4CO4)CC4CO4)nc(N(CC4CO4)CC4CO4)n3)nc(N(CC3CO3)c3nc(N(CC4CO4)CC4CO4)nc(N(CC4CO4)CC4CO4)n3)n2)n1)C1CO1. The molecular formula is C58H77N21O15. The minimum absolute atomic E-state index is 0.00315. The number of aromatic nitrogens is 12. The van der Waals surface area contributed by atoms with E-state index >= 15 is 0 Å². The second-order valence-corrected chi connectivity index (χ2v) is 26.9. The van der Waals surface area contributed by atoms with Gasteiger partial charge in [0.15, 0.2) is 0 Å². The average Bonchev–Trinajstić information content (AvgIpc) is 1.82. The van der Waals surface area contributed by atoms with Crippen LogP contribution < -0.4 is 44.1 Å². The first kappa shape index (κ1) is 58.9. The molecule has 36 nitrogen and oxygen atoms in total. The van der Waals surface area contributed by atoms with Gasteiger partial charge in [0.05, 0.1) is 210 Å². The van der Waals surface area contributed by atoms with Gasteiger partial charge in [-0.2, -0.15) is 59.8 Å². The van der Waals surface area contributed by atoms with Gasteiger partial charge in [-0.05, 0) is 6.42 Å². The number of hydrogen-bond donors (Lipinski definition) is 0. The van der Waals surface area contributed by atoms with E-state index in [1.807, 2.05) is 14.7 Å². The Morgan fingerprint density at radius 1 is 0.181 bits per heavy atom. The van der Waals surface area contributed by atoms with Gasteiger partial charge in [-0.15, -0.1) is 0 Å². The molecule has 504 valence electrons. The number of rotatable bonds is 43. The number of ether oxygens (including phenoxy) is 15. The summed E-state index contributed by atoms with van der Waals surface area (Å²) >= 11 is 0. The van der Waals surface area contributed by atoms with Crippen LogP contribution in [0.3, 0.4) is 0 Å². The molecule has 19 heterocycles. The van der Waals surface area contributed by atoms with E-state index in [1.54, 1.807) is 0 Å². The zero-order valence-corrected chi connectivity index (χ0v) is 52.1. The molecule has 94 heavy (non-hydrogen) atoms. The first-order chi connectivity index (χ1) is 46.3. The lowest BCUT2D eigenvalue weighted by Gasteiger charge is -2.30. The van der Waals surface area contributed by atoms with E-state index in [4.69, 9.17) is 131 Å². The van der Waals surface area contributed by atoms with E-state index in [-0.39, 0.29) is 147 Å². The van der Waals surface area contributed by atoms with Crippen LogP contribution in [0.1, 0.15) is 6.42 Å². The van der Waals surface area contributed by atoms with Crippen LogP contribution in [0.25, 0.3) is 0 Å². The van der Waals surface area contributed by atoms with E-state index < -0.39 is 0 Å². The molecule has 0 N–H and O–H groups in total. The van der Waals surface area contributed by atoms with Gasteiger partial charge in [0.1, 0.15) is 0 Å². The van der Waals surface area contributed by atoms with Crippen LogP contribution in [0.4, 0.5) is 71.4 Å². The molecule has 0 radical (unpaired) electrons. The zero-order valence-electron chi connectivity index (χ0n) is 52.1. The molecule has 4 aromatic heterocycles. The summed E-state index contributed by atoms with van der Waals surface area (Å²) < 4.78 is 88.6. The van der Waals surface area contributed by atoms with Crippen LogP contribution in [-0.2, 0) is 71.1 Å². The normalized spacial score (nSPS) is 32.0. The number of hydrogen-bond acceptors (Lipinski definition) is 36. The molecule has 19 rings (SSSR count). The summed E-state index contributed by atoms with van der Waals surface area (Å²) in [5, 5.41) is 0. The Morgan fingerprint density at radius 3 is 0.500 bits per heavy atom. The van der Waals surface area contributed by atoms with Crippen molar-refractivity contribution in [3.05, 3.63) is 0 Å². The maximum atomic E-state index is 6.14. The standard InChI is InChI=1S/C58H77N21O15/c1(32-17-80-32)2-71(3-33-18-81-33)47-59-48(72(4-34-19-82-34)5-35-20-83-35)63-53(62-47)77(14-44-29-92-44)56-68-57(78(15-45-30-93-45)54-64-49(73(6-36-21-84-36)7-37-22-85-37)60-50(65-54)74(8-38-23-86-38)9-39-24-87-39)70-58(69-56)79(16-46-31-94-46)55-66-51(75(10-40-25-88-40)11-41-26-89-41)61-52(67-55)76(12-42-27-90-42)13-43-28-91-43/h32-46H,1-31H2. The lowest BCUT2D eigenvalue weighted by Crippen LogP contribution is -2.38. The van der Waals surface area contributed by atoms with Crippen molar-refractivity contribution in [2.75, 3.05) is 241 Å². The highest BCUT2D eigenvalue weighted by molar-refractivity contribution is 5.64. The highest BCUT2D eigenvalue weighted by Gasteiger charge is 2.43. The maximum Gasteiger partial charge on any atom is 0.239 e. The summed E-state index contributed by atoms with van der Waals surface area (Å²) in [6, 6.07) is 0. The van der Waals surface area contributed by atoms with Crippen LogP contribution in [-0.4, -0.2) is 349 Å². The maximum absolute atomic E-state index is 6.14. The third kappa shape index (κ3) is 16.0. The fourth-order valence-corrected chi connectivity index (χ4v) is 11.4. The molecule has 15 unspecified atom stereocenters. The third-order valence-corrected chi connectivity index (χ3v) is 18.1. The quantitative estimate of drug-likeness (QED) is 0.0400. The van der Waals surface area contributed by atoms with Crippen molar-refractivity contribution >= 4 is 71.4 Å². The van der Waals surface area contributed by atoms with Crippen molar-refractivity contribution in [2.24, 2.45) is 0 Å². The van der Waals surface area contributed by atoms with Crippen LogP contribution in [0, 0.1) is 0 Å². The number of nitrogens with zero attached hydrogens (tertiary/aromatic N) is 21. The second-order valence-electron chi connectivity index (χ2n) is 26.9. The van der Waals surface area contributed by atoms with Gasteiger partial charge in [0.2, 0.25) is 71.4 Å². The van der Waals surface area contributed by atoms with E-state index in [1.165, 1.54) is 0 Å². The molecule has 0 aliphatic carbocycles. The van der Waals surface area contributed by atoms with Crippen LogP contribution in [0.15, 0.2) is 0 Å². The fraction of sp³-hybridized carbons (Fsp3) is 0.793. The summed E-state index contributed by atoms with van der Waals surface area (Å²) in [7, 11) is 0. The molecule has 15 aliphatic heterocycles. The minimum Gasteiger partial charge on any atom is -0.373 e. The molecule has 15 fully saturated rings. The average molecular weight is 1310 g/mol. The van der Waals surface area contributed by atoms with E-state index in [9.17, 15) is 0 Å². The highest BCUT2D eigenvalue weighted by Crippen LogP contribution is 2.38. The van der Waals surface area contributed by atoms with Crippen LogP contribution in [0.2, 0.25) is 0 Å². The Bertz CT molecular complexity index is 3040. The fourth-order valence-electron chi connectivity index (χ4n) is 11.4. The van der Waals surface area contributed by atoms with Gasteiger partial charge in [0.25, 0.3) is 0 Å². The lowest BCUT2D eigenvalue weighted by atomic mass is 10.3. The smallest absolute Gasteiger partial charge is 0.239 e. The summed E-state index contributed by atoms with van der Waals surface area (Å²) in [6.45, 7) is 16.5. The van der Waals surface area contributed by atoms with Crippen LogP contribution >= 0.6 is 0 Å². The van der Waals surface area contributed by atoms with Gasteiger partial charge in [-0.3, -0.25) is 14.7 Å². The molecule has 0 amide bonds. The highest BCUT2D eigenvalue weighted by atomic mass is 16.6. The topological polar surface area (TPSA) is 372 Å². The van der Waals surface area contributed by atoms with Crippen LogP contribution in [0.5, 0.6) is 0 Å². The zero-order chi connectivity index (χ0) is 61.8. The largest absolute Gasteiger partial charge is 0.373 e. The summed E-state index contributed by atoms with van der Waals surface area (Å²) in [5.41, 5.74) is 0. The van der Waals surface area contributed by atoms with Gasteiger partial charge in [0, 0.05) is 78.5 Å². The van der Waals surface area contributed by atoms with Crippen molar-refractivity contribution < 1.29 is 71.1 Å². The number of epoxide rings is 15. The Labute approximate surface area is 539 Å². The summed E-state index contributed by atoms with van der Waals surface area (Å²) in [6.07, 6.45) is 0.237. The molecule has 0 aromatic carbocycles. The summed E-state index contributed by atoms with van der Waals surface area (Å²) in [5.74, 6) is 4.08. The second kappa shape index (κ2) is 24.9. The van der Waals surface area contributed by atoms with Crippen molar-refractivity contribution in [1.82, 2.24) is 59.8 Å². The minimum atomic E-state index is -0.249. The molecule has 15 atom stereocenters. The first-order valence-corrected chi connectivity index (χ1v) is 33.4. The number of anilines is 12. The van der Waals surface area contributed by atoms with E-state index in [0.29, 0.717) is 213 Å². The predicted octanol–water partition coefficient (Wildman–Crippen LogP) is -2.95. The Morgan fingerprint density at radius 2 is 0.319 bits per heavy atom. The van der Waals surface area contributed by atoms with Crippen molar-refractivity contribution in [2.45, 2.75) is 98.0 Å². The molecule has 0 bridgehead atoms. The van der Waals surface area contributed by atoms with Gasteiger partial charge in [-0.1, -0.05) is 0 Å². The molecule has 15 saturated heterocycles. The predicted molar refractivity (Wildman–Crippen MR) is 324 cm³/mol. The summed E-state index contributed by atoms with van der Waals surface area (Å²) in [4.78, 5) is 83.6. The lowest BCUT2D eigenvalue weighted by molar-refractivity contribution is 0.385. The van der Waals surface area contributed by atoms with Gasteiger partial charge in [-0.25, -0.2) is 0 Å². The van der Waals surface area contributed by atoms with Gasteiger partial charge < -0.3 is 100 Å². The Balaban J connectivity index is 0.795. The monoisotopic (exact) mass is 1310 g/mol. The van der Waals surface area contributed by atoms with E-state index in [2.05, 4.69) is 29.4 Å². The molecule has 36 heteroatoms.